The monoisotopic (exact) mass is 311 g/mol. The molecule has 1 fully saturated rings. The molecule has 1 aliphatic rings. The van der Waals surface area contributed by atoms with Crippen molar-refractivity contribution in [3.8, 4) is 0 Å². The number of hydrogen-bond acceptors (Lipinski definition) is 5. The first kappa shape index (κ1) is 13.7. The van der Waals surface area contributed by atoms with Crippen LogP contribution in [0.15, 0.2) is 30.6 Å². The lowest BCUT2D eigenvalue weighted by Crippen LogP contribution is -2.19. The molecule has 0 radical (unpaired) electrons. The molecule has 0 unspecified atom stereocenters. The minimum atomic E-state index is -0.200. The van der Waals surface area contributed by atoms with Crippen molar-refractivity contribution in [2.24, 2.45) is 7.05 Å². The third kappa shape index (κ3) is 2.52. The van der Waals surface area contributed by atoms with Crippen LogP contribution in [0.1, 0.15) is 23.3 Å². The van der Waals surface area contributed by atoms with Gasteiger partial charge in [-0.3, -0.25) is 9.48 Å². The lowest BCUT2D eigenvalue weighted by atomic mass is 10.3. The predicted octanol–water partition coefficient (Wildman–Crippen LogP) is 1.32. The zero-order valence-corrected chi connectivity index (χ0v) is 12.8. The summed E-state index contributed by atoms with van der Waals surface area (Å²) in [5.74, 6) is 0.547. The van der Waals surface area contributed by atoms with E-state index in [0.29, 0.717) is 11.4 Å². The maximum absolute atomic E-state index is 12.2. The van der Waals surface area contributed by atoms with E-state index in [-0.39, 0.29) is 5.91 Å². The van der Waals surface area contributed by atoms with Gasteiger partial charge in [0.1, 0.15) is 5.69 Å². The van der Waals surface area contributed by atoms with Gasteiger partial charge in [0, 0.05) is 44.3 Å². The second-order valence-electron chi connectivity index (χ2n) is 5.62. The molecule has 23 heavy (non-hydrogen) atoms. The lowest BCUT2D eigenvalue weighted by Gasteiger charge is -2.10. The zero-order valence-electron chi connectivity index (χ0n) is 12.8. The Kier molecular flexibility index (Phi) is 3.22. The van der Waals surface area contributed by atoms with Gasteiger partial charge in [-0.1, -0.05) is 0 Å². The summed E-state index contributed by atoms with van der Waals surface area (Å²) < 4.78 is 3.27. The molecule has 8 heteroatoms. The van der Waals surface area contributed by atoms with E-state index >= 15 is 0 Å². The number of nitrogens with one attached hydrogen (secondary N) is 1. The summed E-state index contributed by atoms with van der Waals surface area (Å²) in [4.78, 5) is 19.0. The van der Waals surface area contributed by atoms with Crippen LogP contribution in [0.25, 0.3) is 5.65 Å². The molecule has 0 saturated carbocycles. The molecule has 0 aliphatic carbocycles. The van der Waals surface area contributed by atoms with E-state index in [4.69, 9.17) is 0 Å². The van der Waals surface area contributed by atoms with Gasteiger partial charge in [0.05, 0.1) is 0 Å². The third-order valence-electron chi connectivity index (χ3n) is 4.03. The molecule has 3 aromatic rings. The number of aromatic nitrogens is 5. The minimum absolute atomic E-state index is 0.200. The normalized spacial score (nSPS) is 14.6. The van der Waals surface area contributed by atoms with Gasteiger partial charge < -0.3 is 10.2 Å². The van der Waals surface area contributed by atoms with E-state index in [1.54, 1.807) is 30.0 Å². The van der Waals surface area contributed by atoms with Gasteiger partial charge in [-0.2, -0.15) is 10.1 Å². The topological polar surface area (TPSA) is 80.3 Å². The highest BCUT2D eigenvalue weighted by atomic mass is 16.2. The Labute approximate surface area is 132 Å². The fourth-order valence-electron chi connectivity index (χ4n) is 2.79. The molecule has 3 aromatic heterocycles. The molecule has 1 aliphatic heterocycles. The smallest absolute Gasteiger partial charge is 0.273 e. The van der Waals surface area contributed by atoms with Crippen LogP contribution in [-0.2, 0) is 7.05 Å². The van der Waals surface area contributed by atoms with Crippen LogP contribution in [0.5, 0.6) is 0 Å². The van der Waals surface area contributed by atoms with Gasteiger partial charge in [-0.05, 0) is 25.0 Å². The van der Waals surface area contributed by atoms with E-state index in [9.17, 15) is 4.79 Å². The number of carbonyl (C=O) groups excluding carboxylic acids is 1. The SMILES string of the molecule is Cn1nccc1C(=O)Nc1ccn2nc(N3CCCC3)nc2c1. The van der Waals surface area contributed by atoms with E-state index in [0.717, 1.165) is 24.7 Å². The summed E-state index contributed by atoms with van der Waals surface area (Å²) in [6.07, 6.45) is 5.77. The lowest BCUT2D eigenvalue weighted by molar-refractivity contribution is 0.101. The van der Waals surface area contributed by atoms with Gasteiger partial charge in [0.25, 0.3) is 5.91 Å². The van der Waals surface area contributed by atoms with Gasteiger partial charge >= 0.3 is 0 Å². The molecule has 118 valence electrons. The van der Waals surface area contributed by atoms with Gasteiger partial charge in [-0.15, -0.1) is 5.10 Å². The highest BCUT2D eigenvalue weighted by molar-refractivity contribution is 6.03. The Bertz CT molecular complexity index is 860. The number of aryl methyl sites for hydroxylation is 1. The van der Waals surface area contributed by atoms with E-state index in [1.807, 2.05) is 12.1 Å². The predicted molar refractivity (Wildman–Crippen MR) is 85.6 cm³/mol. The number of amides is 1. The standard InChI is InChI=1S/C15H17N7O/c1-20-12(4-6-16-20)14(23)17-11-5-9-22-13(10-11)18-15(19-22)21-7-2-3-8-21/h4-6,9-10H,2-3,7-8H2,1H3,(H,17,23). The summed E-state index contributed by atoms with van der Waals surface area (Å²) in [5, 5.41) is 11.3. The largest absolute Gasteiger partial charge is 0.340 e. The van der Waals surface area contributed by atoms with Gasteiger partial charge in [0.2, 0.25) is 5.95 Å². The molecular weight excluding hydrogens is 294 g/mol. The maximum atomic E-state index is 12.2. The fraction of sp³-hybridized carbons (Fsp3) is 0.333. The fourth-order valence-corrected chi connectivity index (χ4v) is 2.79. The van der Waals surface area contributed by atoms with Crippen molar-refractivity contribution in [2.45, 2.75) is 12.8 Å². The average molecular weight is 311 g/mol. The Morgan fingerprint density at radius 2 is 2.09 bits per heavy atom. The number of rotatable bonds is 3. The van der Waals surface area contributed by atoms with Gasteiger partial charge in [-0.25, -0.2) is 4.52 Å². The van der Waals surface area contributed by atoms with Gasteiger partial charge in [0.15, 0.2) is 5.65 Å². The van der Waals surface area contributed by atoms with Crippen LogP contribution in [0.2, 0.25) is 0 Å². The number of pyridine rings is 1. The molecular formula is C15H17N7O. The molecule has 8 nitrogen and oxygen atoms in total. The maximum Gasteiger partial charge on any atom is 0.273 e. The summed E-state index contributed by atoms with van der Waals surface area (Å²) in [6.45, 7) is 2.00. The van der Waals surface area contributed by atoms with Crippen LogP contribution in [0.3, 0.4) is 0 Å². The Morgan fingerprint density at radius 3 is 2.83 bits per heavy atom. The highest BCUT2D eigenvalue weighted by Gasteiger charge is 2.17. The van der Waals surface area contributed by atoms with E-state index in [1.165, 1.54) is 17.5 Å². The first-order valence-corrected chi connectivity index (χ1v) is 7.61. The molecule has 0 bridgehead atoms. The first-order chi connectivity index (χ1) is 11.2. The third-order valence-corrected chi connectivity index (χ3v) is 4.03. The second kappa shape index (κ2) is 5.38. The zero-order chi connectivity index (χ0) is 15.8. The van der Waals surface area contributed by atoms with Crippen LogP contribution < -0.4 is 10.2 Å². The molecule has 1 saturated heterocycles. The van der Waals surface area contributed by atoms with Crippen molar-refractivity contribution in [1.29, 1.82) is 0 Å². The molecule has 0 atom stereocenters. The molecule has 1 amide bonds. The Balaban J connectivity index is 1.58. The highest BCUT2D eigenvalue weighted by Crippen LogP contribution is 2.19. The molecule has 4 rings (SSSR count). The van der Waals surface area contributed by atoms with Crippen LogP contribution >= 0.6 is 0 Å². The second-order valence-corrected chi connectivity index (χ2v) is 5.62. The molecule has 0 spiro atoms. The molecule has 4 heterocycles. The molecule has 0 aromatic carbocycles. The summed E-state index contributed by atoms with van der Waals surface area (Å²) in [7, 11) is 1.74. The number of fused-ring (bicyclic) bond motifs is 1. The average Bonchev–Trinajstić information content (AvgIpc) is 3.26. The van der Waals surface area contributed by atoms with Crippen LogP contribution in [0.4, 0.5) is 11.6 Å². The van der Waals surface area contributed by atoms with Crippen molar-refractivity contribution < 1.29 is 4.79 Å². The quantitative estimate of drug-likeness (QED) is 0.789. The first-order valence-electron chi connectivity index (χ1n) is 7.61. The van der Waals surface area contributed by atoms with E-state index < -0.39 is 0 Å². The Hall–Kier alpha value is -2.90. The number of hydrogen-bond donors (Lipinski definition) is 1. The molecule has 1 N–H and O–H groups in total. The minimum Gasteiger partial charge on any atom is -0.340 e. The van der Waals surface area contributed by atoms with Crippen molar-refractivity contribution >= 4 is 23.2 Å². The number of carbonyl (C=O) groups is 1. The number of nitrogens with zero attached hydrogens (tertiary/aromatic N) is 6. The van der Waals surface area contributed by atoms with Crippen molar-refractivity contribution in [1.82, 2.24) is 24.4 Å². The summed E-state index contributed by atoms with van der Waals surface area (Å²) in [5.41, 5.74) is 1.91. The van der Waals surface area contributed by atoms with Crippen molar-refractivity contribution in [2.75, 3.05) is 23.3 Å². The van der Waals surface area contributed by atoms with E-state index in [2.05, 4.69) is 25.4 Å². The number of anilines is 2. The summed E-state index contributed by atoms with van der Waals surface area (Å²) in [6, 6.07) is 5.31. The summed E-state index contributed by atoms with van der Waals surface area (Å²) >= 11 is 0. The van der Waals surface area contributed by atoms with Crippen LogP contribution in [0, 0.1) is 0 Å². The van der Waals surface area contributed by atoms with Crippen molar-refractivity contribution in [3.05, 3.63) is 36.3 Å². The van der Waals surface area contributed by atoms with Crippen molar-refractivity contribution in [3.63, 3.8) is 0 Å². The van der Waals surface area contributed by atoms with Crippen LogP contribution in [-0.4, -0.2) is 43.4 Å². The Morgan fingerprint density at radius 1 is 1.26 bits per heavy atom.